The number of hydrogen-bond donors (Lipinski definition) is 0. The second-order valence-corrected chi connectivity index (χ2v) is 19.2. The van der Waals surface area contributed by atoms with Gasteiger partial charge in [0.25, 0.3) is 0 Å². The summed E-state index contributed by atoms with van der Waals surface area (Å²) < 4.78 is 42.5. The number of aromatic nitrogens is 4. The van der Waals surface area contributed by atoms with Crippen LogP contribution in [0.3, 0.4) is 0 Å². The topological polar surface area (TPSA) is 54.1 Å². The van der Waals surface area contributed by atoms with Crippen LogP contribution in [0.25, 0.3) is 21.8 Å². The SMILES string of the molecule is C[Si](C)(C)C#CC1CCC1.Fc1nn(C2CCCCO2)c2ccc(C#CC3CCC3)cc12.Fc1nn(C2CCCCO2)c2ccccc12. The van der Waals surface area contributed by atoms with Crippen molar-refractivity contribution in [2.45, 2.75) is 109 Å². The van der Waals surface area contributed by atoms with Crippen LogP contribution >= 0.6 is 0 Å². The molecule has 4 aliphatic rings. The first-order valence-electron chi connectivity index (χ1n) is 17.8. The first-order valence-corrected chi connectivity index (χ1v) is 21.3. The number of halogens is 2. The van der Waals surface area contributed by atoms with E-state index in [-0.39, 0.29) is 12.5 Å². The van der Waals surface area contributed by atoms with Gasteiger partial charge >= 0.3 is 0 Å². The number of para-hydroxylation sites is 1. The van der Waals surface area contributed by atoms with Crippen LogP contribution in [-0.2, 0) is 9.47 Å². The van der Waals surface area contributed by atoms with E-state index in [4.69, 9.17) is 9.47 Å². The van der Waals surface area contributed by atoms with Crippen molar-refractivity contribution in [2.75, 3.05) is 13.2 Å². The van der Waals surface area contributed by atoms with Crippen molar-refractivity contribution < 1.29 is 18.3 Å². The molecule has 4 fully saturated rings. The Morgan fingerprint density at radius 3 is 1.77 bits per heavy atom. The van der Waals surface area contributed by atoms with Gasteiger partial charge < -0.3 is 9.47 Å². The van der Waals surface area contributed by atoms with Crippen molar-refractivity contribution in [1.29, 1.82) is 0 Å². The van der Waals surface area contributed by atoms with Crippen molar-refractivity contribution in [3.63, 3.8) is 0 Å². The fraction of sp³-hybridized carbons (Fsp3) is 0.538. The summed E-state index contributed by atoms with van der Waals surface area (Å²) in [6.07, 6.45) is 13.7. The molecule has 2 aromatic heterocycles. The minimum Gasteiger partial charge on any atom is -0.356 e. The predicted octanol–water partition coefficient (Wildman–Crippen LogP) is 9.57. The van der Waals surface area contributed by atoms with Gasteiger partial charge in [0, 0.05) is 30.6 Å². The van der Waals surface area contributed by atoms with Crippen LogP contribution in [-0.4, -0.2) is 40.8 Å². The highest BCUT2D eigenvalue weighted by Gasteiger charge is 2.22. The van der Waals surface area contributed by atoms with Crippen molar-refractivity contribution in [3.05, 3.63) is 59.9 Å². The Morgan fingerprint density at radius 2 is 1.23 bits per heavy atom. The highest BCUT2D eigenvalue weighted by molar-refractivity contribution is 6.83. The monoisotopic (exact) mass is 670 g/mol. The zero-order valence-corrected chi connectivity index (χ0v) is 29.6. The molecule has 2 aliphatic carbocycles. The van der Waals surface area contributed by atoms with Crippen molar-refractivity contribution >= 4 is 29.9 Å². The summed E-state index contributed by atoms with van der Waals surface area (Å²) in [5, 5.41) is 9.10. The molecule has 2 saturated carbocycles. The molecule has 2 unspecified atom stereocenters. The Morgan fingerprint density at radius 1 is 0.667 bits per heavy atom. The molecule has 4 aromatic rings. The predicted molar refractivity (Wildman–Crippen MR) is 190 cm³/mol. The van der Waals surface area contributed by atoms with Crippen LogP contribution in [0.1, 0.15) is 95.1 Å². The van der Waals surface area contributed by atoms with Crippen LogP contribution in [0.4, 0.5) is 8.78 Å². The third kappa shape index (κ3) is 8.74. The zero-order chi connectivity index (χ0) is 33.5. The fourth-order valence-electron chi connectivity index (χ4n) is 6.11. The van der Waals surface area contributed by atoms with Gasteiger partial charge in [-0.3, -0.25) is 0 Å². The van der Waals surface area contributed by atoms with Crippen molar-refractivity contribution in [3.8, 4) is 23.3 Å². The molecule has 8 rings (SSSR count). The Labute approximate surface area is 284 Å². The normalized spacial score (nSPS) is 21.3. The molecule has 2 saturated heterocycles. The summed E-state index contributed by atoms with van der Waals surface area (Å²) in [5.41, 5.74) is 5.88. The Bertz CT molecular complexity index is 1800. The van der Waals surface area contributed by atoms with E-state index in [2.05, 4.69) is 53.1 Å². The van der Waals surface area contributed by atoms with Gasteiger partial charge in [-0.25, -0.2) is 9.36 Å². The quantitative estimate of drug-likeness (QED) is 0.158. The van der Waals surface area contributed by atoms with Gasteiger partial charge in [-0.1, -0.05) is 56.5 Å². The Kier molecular flexibility index (Phi) is 11.3. The van der Waals surface area contributed by atoms with Gasteiger partial charge in [0.05, 0.1) is 21.8 Å². The third-order valence-corrected chi connectivity index (χ3v) is 10.3. The average molecular weight is 671 g/mol. The van der Waals surface area contributed by atoms with E-state index in [0.29, 0.717) is 16.7 Å². The van der Waals surface area contributed by atoms with E-state index in [0.717, 1.165) is 74.3 Å². The average Bonchev–Trinajstić information content (AvgIpc) is 3.57. The Balaban J connectivity index is 0.000000135. The molecule has 4 heterocycles. The van der Waals surface area contributed by atoms with Gasteiger partial charge in [-0.2, -0.15) is 8.78 Å². The van der Waals surface area contributed by atoms with E-state index < -0.39 is 20.0 Å². The van der Waals surface area contributed by atoms with E-state index in [9.17, 15) is 8.78 Å². The molecule has 2 aromatic carbocycles. The summed E-state index contributed by atoms with van der Waals surface area (Å²) >= 11 is 0. The fourth-order valence-corrected chi connectivity index (χ4v) is 6.75. The van der Waals surface area contributed by atoms with E-state index in [1.54, 1.807) is 15.4 Å². The molecular weight excluding hydrogens is 623 g/mol. The second kappa shape index (κ2) is 15.8. The van der Waals surface area contributed by atoms with Crippen LogP contribution in [0.5, 0.6) is 0 Å². The lowest BCUT2D eigenvalue weighted by molar-refractivity contribution is -0.0376. The van der Waals surface area contributed by atoms with Gasteiger partial charge in [-0.05, 0) is 94.5 Å². The number of ether oxygens (including phenoxy) is 2. The summed E-state index contributed by atoms with van der Waals surface area (Å²) in [5.74, 6) is 10.3. The molecule has 48 heavy (non-hydrogen) atoms. The number of benzene rings is 2. The van der Waals surface area contributed by atoms with E-state index >= 15 is 0 Å². The van der Waals surface area contributed by atoms with Gasteiger partial charge in [0.1, 0.15) is 8.07 Å². The summed E-state index contributed by atoms with van der Waals surface area (Å²) in [7, 11) is -1.06. The molecule has 0 bridgehead atoms. The summed E-state index contributed by atoms with van der Waals surface area (Å²) in [4.78, 5) is 0. The third-order valence-electron chi connectivity index (χ3n) is 9.37. The number of rotatable bonds is 2. The molecule has 254 valence electrons. The van der Waals surface area contributed by atoms with Crippen molar-refractivity contribution in [2.24, 2.45) is 11.8 Å². The van der Waals surface area contributed by atoms with Crippen LogP contribution in [0.2, 0.25) is 19.6 Å². The first kappa shape index (κ1) is 34.4. The van der Waals surface area contributed by atoms with Gasteiger partial charge in [0.15, 0.2) is 12.5 Å². The first-order chi connectivity index (χ1) is 23.2. The lowest BCUT2D eigenvalue weighted by Gasteiger charge is -2.23. The van der Waals surface area contributed by atoms with Crippen LogP contribution < -0.4 is 0 Å². The molecule has 2 atom stereocenters. The molecule has 6 nitrogen and oxygen atoms in total. The smallest absolute Gasteiger partial charge is 0.240 e. The lowest BCUT2D eigenvalue weighted by atomic mass is 9.86. The maximum Gasteiger partial charge on any atom is 0.240 e. The van der Waals surface area contributed by atoms with Gasteiger partial charge in [-0.15, -0.1) is 21.7 Å². The van der Waals surface area contributed by atoms with Crippen LogP contribution in [0.15, 0.2) is 42.5 Å². The summed E-state index contributed by atoms with van der Waals surface area (Å²) in [6, 6.07) is 13.0. The molecule has 0 radical (unpaired) electrons. The summed E-state index contributed by atoms with van der Waals surface area (Å²) in [6.45, 7) is 8.37. The van der Waals surface area contributed by atoms with E-state index in [1.165, 1.54) is 38.5 Å². The molecule has 2 aliphatic heterocycles. The number of fused-ring (bicyclic) bond motifs is 2. The molecule has 0 amide bonds. The maximum absolute atomic E-state index is 14.2. The van der Waals surface area contributed by atoms with E-state index in [1.807, 2.05) is 36.4 Å². The Hall–Kier alpha value is -3.50. The number of nitrogens with zero attached hydrogens (tertiary/aromatic N) is 4. The van der Waals surface area contributed by atoms with Gasteiger partial charge in [0.2, 0.25) is 11.9 Å². The highest BCUT2D eigenvalue weighted by atomic mass is 28.3. The standard InChI is InChI=1S/C18H19FN2O.C12H13FN2O.C9H16Si/c19-18-15-12-14(8-7-13-4-3-5-13)9-10-16(15)21(20-18)17-6-1-2-11-22-17;13-12-9-5-1-2-6-10(9)15(14-12)11-7-3-4-8-16-11;1-10(2,3)8-7-9-5-4-6-9/h9-10,12-13,17H,1-6,11H2;1-2,5-6,11H,3-4,7-8H2;9H,4-6H2,1-3H3. The second-order valence-electron chi connectivity index (χ2n) is 14.4. The van der Waals surface area contributed by atoms with Crippen LogP contribution in [0, 0.1) is 47.0 Å². The largest absolute Gasteiger partial charge is 0.356 e. The molecule has 0 N–H and O–H groups in total. The molecule has 0 spiro atoms. The minimum absolute atomic E-state index is 0.108. The lowest BCUT2D eigenvalue weighted by Crippen LogP contribution is -2.19. The zero-order valence-electron chi connectivity index (χ0n) is 28.6. The van der Waals surface area contributed by atoms with Crippen molar-refractivity contribution in [1.82, 2.24) is 19.6 Å². The maximum atomic E-state index is 14.2. The number of hydrogen-bond acceptors (Lipinski definition) is 4. The minimum atomic E-state index is -1.06. The molecular formula is C39H48F2N4O2Si. The molecule has 9 heteroatoms. The highest BCUT2D eigenvalue weighted by Crippen LogP contribution is 2.30.